The van der Waals surface area contributed by atoms with Gasteiger partial charge >= 0.3 is 0 Å². The van der Waals surface area contributed by atoms with E-state index in [0.717, 1.165) is 36.7 Å². The third kappa shape index (κ3) is 3.87. The SMILES string of the molecule is CC1(C)C[C@@H]2[C@H](O1)[C@@H](CCCCc1ccnc(N)c1)C[C@H]2n1ccc2c(N)ncnc21. The molecule has 0 unspecified atom stereocenters. The fraction of sp³-hybridized carbons (Fsp3) is 0.542. The molecule has 0 amide bonds. The van der Waals surface area contributed by atoms with Gasteiger partial charge in [0.1, 0.15) is 23.6 Å². The Hall–Kier alpha value is -2.67. The Morgan fingerprint density at radius 1 is 1.16 bits per heavy atom. The Morgan fingerprint density at radius 3 is 2.87 bits per heavy atom. The van der Waals surface area contributed by atoms with Crippen LogP contribution in [0, 0.1) is 11.8 Å². The van der Waals surface area contributed by atoms with Crippen LogP contribution in [-0.2, 0) is 11.2 Å². The predicted octanol–water partition coefficient (Wildman–Crippen LogP) is 4.15. The molecule has 164 valence electrons. The van der Waals surface area contributed by atoms with E-state index >= 15 is 0 Å². The maximum Gasteiger partial charge on any atom is 0.145 e. The van der Waals surface area contributed by atoms with E-state index in [-0.39, 0.29) is 5.60 Å². The molecule has 3 aromatic rings. The van der Waals surface area contributed by atoms with Crippen molar-refractivity contribution in [3.63, 3.8) is 0 Å². The minimum Gasteiger partial charge on any atom is -0.384 e. The number of unbranched alkanes of at least 4 members (excludes halogenated alkanes) is 1. The lowest BCUT2D eigenvalue weighted by atomic mass is 9.91. The molecule has 0 bridgehead atoms. The van der Waals surface area contributed by atoms with Gasteiger partial charge in [-0.1, -0.05) is 6.42 Å². The highest BCUT2D eigenvalue weighted by atomic mass is 16.5. The Balaban J connectivity index is 1.30. The number of rotatable bonds is 6. The quantitative estimate of drug-likeness (QED) is 0.581. The molecule has 0 radical (unpaired) electrons. The molecule has 0 aromatic carbocycles. The Bertz CT molecular complexity index is 1080. The van der Waals surface area contributed by atoms with Gasteiger partial charge < -0.3 is 20.8 Å². The normalized spacial score (nSPS) is 27.0. The number of nitrogen functional groups attached to an aromatic ring is 2. The summed E-state index contributed by atoms with van der Waals surface area (Å²) in [4.78, 5) is 12.8. The van der Waals surface area contributed by atoms with Crippen molar-refractivity contribution in [1.82, 2.24) is 19.5 Å². The van der Waals surface area contributed by atoms with Crippen LogP contribution in [0.5, 0.6) is 0 Å². The van der Waals surface area contributed by atoms with Crippen molar-refractivity contribution in [2.24, 2.45) is 11.8 Å². The number of anilines is 2. The number of nitrogens with zero attached hydrogens (tertiary/aromatic N) is 4. The molecular weight excluding hydrogens is 388 g/mol. The lowest BCUT2D eigenvalue weighted by Gasteiger charge is -2.24. The van der Waals surface area contributed by atoms with Crippen LogP contribution >= 0.6 is 0 Å². The number of ether oxygens (including phenoxy) is 1. The second kappa shape index (κ2) is 7.79. The summed E-state index contributed by atoms with van der Waals surface area (Å²) in [6.45, 7) is 4.45. The zero-order valence-corrected chi connectivity index (χ0v) is 18.4. The van der Waals surface area contributed by atoms with E-state index in [2.05, 4.69) is 45.6 Å². The molecule has 0 spiro atoms. The standard InChI is InChI=1S/C24H32N6O/c1-24(2)13-18-19(30-10-8-17-22(26)28-14-29-23(17)30)12-16(21(18)31-24)6-4-3-5-15-7-9-27-20(25)11-15/h7-11,14,16,18-19,21H,3-6,12-13H2,1-2H3,(H2,25,27)(H2,26,28,29)/t16-,18-,19+,21+/m0/s1. The minimum absolute atomic E-state index is 0.0716. The van der Waals surface area contributed by atoms with Crippen molar-refractivity contribution in [3.8, 4) is 0 Å². The molecule has 4 atom stereocenters. The number of aromatic nitrogens is 4. The molecule has 2 fully saturated rings. The van der Waals surface area contributed by atoms with Gasteiger partial charge in [0.05, 0.1) is 17.1 Å². The maximum atomic E-state index is 6.58. The van der Waals surface area contributed by atoms with E-state index in [1.54, 1.807) is 12.5 Å². The molecule has 1 aliphatic heterocycles. The van der Waals surface area contributed by atoms with E-state index in [0.29, 0.717) is 35.6 Å². The van der Waals surface area contributed by atoms with Crippen LogP contribution in [-0.4, -0.2) is 31.2 Å². The number of aryl methyl sites for hydroxylation is 1. The molecule has 5 rings (SSSR count). The van der Waals surface area contributed by atoms with Gasteiger partial charge in [-0.3, -0.25) is 0 Å². The van der Waals surface area contributed by atoms with Crippen LogP contribution < -0.4 is 11.5 Å². The van der Waals surface area contributed by atoms with Gasteiger partial charge in [0, 0.05) is 24.4 Å². The highest BCUT2D eigenvalue weighted by molar-refractivity contribution is 5.86. The average Bonchev–Trinajstić information content (AvgIpc) is 3.37. The van der Waals surface area contributed by atoms with Crippen molar-refractivity contribution in [1.29, 1.82) is 0 Å². The molecule has 7 nitrogen and oxygen atoms in total. The second-order valence-electron chi connectivity index (χ2n) is 9.83. The predicted molar refractivity (Wildman–Crippen MR) is 122 cm³/mol. The summed E-state index contributed by atoms with van der Waals surface area (Å²) in [6.07, 6.45) is 12.6. The van der Waals surface area contributed by atoms with Crippen LogP contribution in [0.2, 0.25) is 0 Å². The van der Waals surface area contributed by atoms with Crippen molar-refractivity contribution in [2.75, 3.05) is 11.5 Å². The Labute approximate surface area is 183 Å². The van der Waals surface area contributed by atoms with Gasteiger partial charge in [-0.05, 0) is 75.6 Å². The van der Waals surface area contributed by atoms with Gasteiger partial charge in [-0.15, -0.1) is 0 Å². The molecular formula is C24H32N6O. The number of nitrogens with two attached hydrogens (primary N) is 2. The van der Waals surface area contributed by atoms with Gasteiger partial charge in [-0.2, -0.15) is 0 Å². The van der Waals surface area contributed by atoms with E-state index in [1.807, 2.05) is 12.1 Å². The van der Waals surface area contributed by atoms with Crippen LogP contribution in [0.4, 0.5) is 11.6 Å². The first kappa shape index (κ1) is 20.2. The zero-order chi connectivity index (χ0) is 21.6. The molecule has 1 saturated carbocycles. The van der Waals surface area contributed by atoms with Crippen LogP contribution in [0.15, 0.2) is 36.9 Å². The van der Waals surface area contributed by atoms with E-state index in [4.69, 9.17) is 16.2 Å². The molecule has 1 aliphatic carbocycles. The lowest BCUT2D eigenvalue weighted by molar-refractivity contribution is -0.0398. The van der Waals surface area contributed by atoms with Crippen molar-refractivity contribution >= 4 is 22.7 Å². The fourth-order valence-electron chi connectivity index (χ4n) is 5.85. The lowest BCUT2D eigenvalue weighted by Crippen LogP contribution is -2.24. The number of fused-ring (bicyclic) bond motifs is 2. The summed E-state index contributed by atoms with van der Waals surface area (Å²) in [7, 11) is 0. The summed E-state index contributed by atoms with van der Waals surface area (Å²) in [5.41, 5.74) is 14.0. The molecule has 2 aliphatic rings. The Morgan fingerprint density at radius 2 is 2.03 bits per heavy atom. The molecule has 4 heterocycles. The fourth-order valence-corrected chi connectivity index (χ4v) is 5.85. The number of pyridine rings is 1. The average molecular weight is 421 g/mol. The van der Waals surface area contributed by atoms with Crippen LogP contribution in [0.1, 0.15) is 57.6 Å². The van der Waals surface area contributed by atoms with Gasteiger partial charge in [0.25, 0.3) is 0 Å². The smallest absolute Gasteiger partial charge is 0.145 e. The molecule has 31 heavy (non-hydrogen) atoms. The first-order valence-corrected chi connectivity index (χ1v) is 11.4. The number of hydrogen-bond donors (Lipinski definition) is 2. The second-order valence-corrected chi connectivity index (χ2v) is 9.83. The number of hydrogen-bond acceptors (Lipinski definition) is 6. The molecule has 1 saturated heterocycles. The third-order valence-electron chi connectivity index (χ3n) is 7.14. The molecule has 3 aromatic heterocycles. The highest BCUT2D eigenvalue weighted by Crippen LogP contribution is 2.53. The molecule has 4 N–H and O–H groups in total. The van der Waals surface area contributed by atoms with E-state index < -0.39 is 0 Å². The van der Waals surface area contributed by atoms with E-state index in [9.17, 15) is 0 Å². The summed E-state index contributed by atoms with van der Waals surface area (Å²) < 4.78 is 8.91. The maximum absolute atomic E-state index is 6.58. The first-order chi connectivity index (χ1) is 14.9. The minimum atomic E-state index is -0.0716. The summed E-state index contributed by atoms with van der Waals surface area (Å²) in [5, 5.41) is 0.942. The summed E-state index contributed by atoms with van der Waals surface area (Å²) in [6, 6.07) is 6.48. The highest BCUT2D eigenvalue weighted by Gasteiger charge is 2.52. The van der Waals surface area contributed by atoms with Gasteiger partial charge in [0.2, 0.25) is 0 Å². The van der Waals surface area contributed by atoms with Gasteiger partial charge in [0.15, 0.2) is 0 Å². The largest absolute Gasteiger partial charge is 0.384 e. The summed E-state index contributed by atoms with van der Waals surface area (Å²) in [5.74, 6) is 2.22. The topological polar surface area (TPSA) is 105 Å². The summed E-state index contributed by atoms with van der Waals surface area (Å²) >= 11 is 0. The van der Waals surface area contributed by atoms with Crippen LogP contribution in [0.3, 0.4) is 0 Å². The third-order valence-corrected chi connectivity index (χ3v) is 7.14. The first-order valence-electron chi connectivity index (χ1n) is 11.4. The van der Waals surface area contributed by atoms with Gasteiger partial charge in [-0.25, -0.2) is 15.0 Å². The van der Waals surface area contributed by atoms with Crippen molar-refractivity contribution < 1.29 is 4.74 Å². The van der Waals surface area contributed by atoms with Crippen molar-refractivity contribution in [3.05, 3.63) is 42.5 Å². The monoisotopic (exact) mass is 420 g/mol. The van der Waals surface area contributed by atoms with E-state index in [1.165, 1.54) is 18.4 Å². The zero-order valence-electron chi connectivity index (χ0n) is 18.4. The molecule has 7 heteroatoms. The van der Waals surface area contributed by atoms with Crippen molar-refractivity contribution in [2.45, 2.75) is 70.1 Å². The van der Waals surface area contributed by atoms with Crippen LogP contribution in [0.25, 0.3) is 11.0 Å². The Kier molecular flexibility index (Phi) is 5.08.